The van der Waals surface area contributed by atoms with Crippen molar-refractivity contribution in [2.45, 2.75) is 32.6 Å². The third-order valence-electron chi connectivity index (χ3n) is 3.72. The molecule has 1 aliphatic rings. The number of nitrogens with zero attached hydrogens (tertiary/aromatic N) is 1. The molecule has 5 nitrogen and oxygen atoms in total. The molecule has 1 aromatic carbocycles. The number of carbonyl (C=O) groups is 1. The minimum atomic E-state index is -3.54. The summed E-state index contributed by atoms with van der Waals surface area (Å²) in [5, 5.41) is 5.05. The summed E-state index contributed by atoms with van der Waals surface area (Å²) in [5.74, 6) is -0.420. The zero-order valence-corrected chi connectivity index (χ0v) is 13.5. The van der Waals surface area contributed by atoms with Gasteiger partial charge in [-0.2, -0.15) is 0 Å². The summed E-state index contributed by atoms with van der Waals surface area (Å²) < 4.78 is 22.3. The fraction of sp³-hybridized carbons (Fsp3) is 0.533. The summed E-state index contributed by atoms with van der Waals surface area (Å²) in [5.41, 5.74) is 2.06. The van der Waals surface area contributed by atoms with E-state index in [2.05, 4.69) is 20.8 Å². The quantitative estimate of drug-likeness (QED) is 0.921. The van der Waals surface area contributed by atoms with E-state index in [1.54, 1.807) is 4.90 Å². The minimum Gasteiger partial charge on any atom is -0.312 e. The first-order valence-electron chi connectivity index (χ1n) is 6.97. The summed E-state index contributed by atoms with van der Waals surface area (Å²) in [6, 6.07) is 7.85. The second kappa shape index (κ2) is 5.42. The lowest BCUT2D eigenvalue weighted by Gasteiger charge is -2.21. The predicted molar refractivity (Wildman–Crippen MR) is 83.6 cm³/mol. The van der Waals surface area contributed by atoms with Gasteiger partial charge in [0, 0.05) is 24.6 Å². The average Bonchev–Trinajstić information content (AvgIpc) is 2.66. The molecular weight excluding hydrogens is 288 g/mol. The van der Waals surface area contributed by atoms with Gasteiger partial charge in [-0.05, 0) is 23.1 Å². The van der Waals surface area contributed by atoms with Crippen molar-refractivity contribution in [3.05, 3.63) is 29.8 Å². The van der Waals surface area contributed by atoms with Crippen molar-refractivity contribution < 1.29 is 13.2 Å². The molecule has 1 aliphatic heterocycles. The third-order valence-corrected chi connectivity index (χ3v) is 4.65. The average molecular weight is 310 g/mol. The van der Waals surface area contributed by atoms with Crippen molar-refractivity contribution >= 4 is 21.6 Å². The Hall–Kier alpha value is -1.40. The number of hydrogen-bond acceptors (Lipinski definition) is 3. The van der Waals surface area contributed by atoms with Crippen LogP contribution in [-0.4, -0.2) is 26.6 Å². The van der Waals surface area contributed by atoms with Gasteiger partial charge in [0.2, 0.25) is 15.9 Å². The number of hydrogen-bond donors (Lipinski definition) is 1. The number of rotatable bonds is 3. The summed E-state index contributed by atoms with van der Waals surface area (Å²) in [4.78, 5) is 13.7. The summed E-state index contributed by atoms with van der Waals surface area (Å²) >= 11 is 0. The van der Waals surface area contributed by atoms with E-state index in [1.807, 2.05) is 24.3 Å². The van der Waals surface area contributed by atoms with Gasteiger partial charge in [-0.3, -0.25) is 4.79 Å². The van der Waals surface area contributed by atoms with Gasteiger partial charge in [-0.1, -0.05) is 32.9 Å². The molecule has 0 radical (unpaired) electrons. The van der Waals surface area contributed by atoms with Crippen molar-refractivity contribution in [3.8, 4) is 0 Å². The summed E-state index contributed by atoms with van der Waals surface area (Å²) in [6.45, 7) is 6.80. The molecule has 1 heterocycles. The number of carbonyl (C=O) groups excluding carboxylic acids is 1. The normalized spacial score (nSPS) is 20.1. The molecule has 0 bridgehead atoms. The van der Waals surface area contributed by atoms with Gasteiger partial charge < -0.3 is 4.90 Å². The molecule has 0 spiro atoms. The van der Waals surface area contributed by atoms with Gasteiger partial charge in [-0.25, -0.2) is 13.6 Å². The number of nitrogens with two attached hydrogens (primary N) is 1. The van der Waals surface area contributed by atoms with Crippen molar-refractivity contribution in [2.75, 3.05) is 17.2 Å². The fourth-order valence-corrected chi connectivity index (χ4v) is 3.49. The lowest BCUT2D eigenvalue weighted by Crippen LogP contribution is -2.27. The highest BCUT2D eigenvalue weighted by atomic mass is 32.2. The topological polar surface area (TPSA) is 80.5 Å². The van der Waals surface area contributed by atoms with Gasteiger partial charge in [0.05, 0.1) is 5.75 Å². The van der Waals surface area contributed by atoms with Crippen LogP contribution in [0.3, 0.4) is 0 Å². The number of primary sulfonamides is 1. The van der Waals surface area contributed by atoms with Crippen LogP contribution >= 0.6 is 0 Å². The Morgan fingerprint density at radius 1 is 1.24 bits per heavy atom. The van der Waals surface area contributed by atoms with Crippen LogP contribution in [0.2, 0.25) is 0 Å². The smallest absolute Gasteiger partial charge is 0.227 e. The van der Waals surface area contributed by atoms with Gasteiger partial charge in [0.15, 0.2) is 0 Å². The number of amides is 1. The van der Waals surface area contributed by atoms with Crippen LogP contribution in [0.5, 0.6) is 0 Å². The van der Waals surface area contributed by atoms with Crippen molar-refractivity contribution in [3.63, 3.8) is 0 Å². The lowest BCUT2D eigenvalue weighted by molar-refractivity contribution is -0.117. The highest BCUT2D eigenvalue weighted by molar-refractivity contribution is 7.89. The van der Waals surface area contributed by atoms with Crippen LogP contribution in [0.4, 0.5) is 5.69 Å². The van der Waals surface area contributed by atoms with E-state index in [0.29, 0.717) is 6.54 Å². The van der Waals surface area contributed by atoms with Crippen molar-refractivity contribution in [1.29, 1.82) is 0 Å². The largest absolute Gasteiger partial charge is 0.312 e. The molecule has 0 aromatic heterocycles. The second-order valence-corrected chi connectivity index (χ2v) is 8.36. The minimum absolute atomic E-state index is 0.0489. The molecule has 2 rings (SSSR count). The highest BCUT2D eigenvalue weighted by Crippen LogP contribution is 2.28. The predicted octanol–water partition coefficient (Wildman–Crippen LogP) is 1.63. The summed E-state index contributed by atoms with van der Waals surface area (Å²) in [6.07, 6.45) is 0.234. The van der Waals surface area contributed by atoms with Gasteiger partial charge >= 0.3 is 0 Å². The highest BCUT2D eigenvalue weighted by Gasteiger charge is 2.32. The Labute approximate surface area is 126 Å². The van der Waals surface area contributed by atoms with E-state index >= 15 is 0 Å². The Kier molecular flexibility index (Phi) is 4.13. The zero-order chi connectivity index (χ0) is 15.8. The number of sulfonamides is 1. The fourth-order valence-electron chi connectivity index (χ4n) is 2.61. The maximum Gasteiger partial charge on any atom is 0.227 e. The molecule has 1 aromatic rings. The Morgan fingerprint density at radius 3 is 2.29 bits per heavy atom. The Bertz CT molecular complexity index is 630. The van der Waals surface area contributed by atoms with Gasteiger partial charge in [0.1, 0.15) is 0 Å². The molecule has 1 amide bonds. The molecule has 2 N–H and O–H groups in total. The molecule has 0 aliphatic carbocycles. The van der Waals surface area contributed by atoms with Crippen molar-refractivity contribution in [2.24, 2.45) is 11.1 Å². The number of benzene rings is 1. The standard InChI is InChI=1S/C15H22N2O3S/c1-15(2,3)12-4-6-13(7-5-12)17-9-11(8-14(17)18)10-21(16,19)20/h4-7,11H,8-10H2,1-3H3,(H2,16,19,20). The first kappa shape index (κ1) is 16.0. The van der Waals surface area contributed by atoms with Crippen LogP contribution in [0, 0.1) is 5.92 Å². The monoisotopic (exact) mass is 310 g/mol. The molecule has 116 valence electrons. The zero-order valence-electron chi connectivity index (χ0n) is 12.7. The number of anilines is 1. The van der Waals surface area contributed by atoms with E-state index in [9.17, 15) is 13.2 Å². The van der Waals surface area contributed by atoms with E-state index in [1.165, 1.54) is 5.56 Å². The maximum absolute atomic E-state index is 12.0. The van der Waals surface area contributed by atoms with E-state index in [-0.39, 0.29) is 29.4 Å². The summed E-state index contributed by atoms with van der Waals surface area (Å²) in [7, 11) is -3.54. The van der Waals surface area contributed by atoms with E-state index < -0.39 is 10.0 Å². The maximum atomic E-state index is 12.0. The first-order chi connectivity index (χ1) is 9.56. The molecule has 1 fully saturated rings. The first-order valence-corrected chi connectivity index (χ1v) is 8.69. The SMILES string of the molecule is CC(C)(C)c1ccc(N2CC(CS(N)(=O)=O)CC2=O)cc1. The third kappa shape index (κ3) is 4.04. The molecule has 6 heteroatoms. The molecule has 1 unspecified atom stereocenters. The van der Waals surface area contributed by atoms with Gasteiger partial charge in [-0.15, -0.1) is 0 Å². The molecule has 1 saturated heterocycles. The molecular formula is C15H22N2O3S. The van der Waals surface area contributed by atoms with Crippen LogP contribution in [0.25, 0.3) is 0 Å². The Morgan fingerprint density at radius 2 is 1.81 bits per heavy atom. The second-order valence-electron chi connectivity index (χ2n) is 6.70. The molecule has 0 saturated carbocycles. The van der Waals surface area contributed by atoms with E-state index in [4.69, 9.17) is 5.14 Å². The van der Waals surface area contributed by atoms with Crippen LogP contribution in [-0.2, 0) is 20.2 Å². The van der Waals surface area contributed by atoms with Gasteiger partial charge in [0.25, 0.3) is 0 Å². The van der Waals surface area contributed by atoms with Crippen molar-refractivity contribution in [1.82, 2.24) is 0 Å². The molecule has 21 heavy (non-hydrogen) atoms. The lowest BCUT2D eigenvalue weighted by atomic mass is 9.87. The van der Waals surface area contributed by atoms with Crippen LogP contribution in [0.15, 0.2) is 24.3 Å². The van der Waals surface area contributed by atoms with Crippen LogP contribution < -0.4 is 10.0 Å². The van der Waals surface area contributed by atoms with E-state index in [0.717, 1.165) is 5.69 Å². The van der Waals surface area contributed by atoms with Crippen LogP contribution in [0.1, 0.15) is 32.8 Å². The molecule has 1 atom stereocenters. The Balaban J connectivity index is 2.14.